The van der Waals surface area contributed by atoms with E-state index in [1.807, 2.05) is 36.4 Å². The van der Waals surface area contributed by atoms with E-state index in [-0.39, 0.29) is 40.1 Å². The maximum Gasteiger partial charge on any atom is 0.326 e. The number of amides is 1. The number of carboxylic acid groups (broad SMARTS) is 1. The highest BCUT2D eigenvalue weighted by atomic mass is 32.2. The summed E-state index contributed by atoms with van der Waals surface area (Å²) in [6.07, 6.45) is 2.60. The number of aromatic nitrogens is 2. The Morgan fingerprint density at radius 1 is 1.15 bits per heavy atom. The summed E-state index contributed by atoms with van der Waals surface area (Å²) in [5, 5.41) is 23.9. The first-order chi connectivity index (χ1) is 22.1. The number of carboxylic acids is 1. The molecule has 5 rings (SSSR count). The van der Waals surface area contributed by atoms with Gasteiger partial charge in [-0.25, -0.2) is 13.2 Å². The van der Waals surface area contributed by atoms with Crippen molar-refractivity contribution in [1.82, 2.24) is 20.8 Å². The molecule has 1 aliphatic rings. The van der Waals surface area contributed by atoms with E-state index in [1.165, 1.54) is 6.07 Å². The van der Waals surface area contributed by atoms with Gasteiger partial charge in [0.25, 0.3) is 15.9 Å². The third-order valence-corrected chi connectivity index (χ3v) is 9.51. The molecule has 0 unspecified atom stereocenters. The van der Waals surface area contributed by atoms with Crippen LogP contribution in [-0.2, 0) is 34.3 Å². The number of hydrogen-bond donors (Lipinski definition) is 7. The number of nitrogens with zero attached hydrogens (tertiary/aromatic N) is 2. The van der Waals surface area contributed by atoms with Gasteiger partial charge in [0.05, 0.1) is 12.3 Å². The molecule has 0 saturated carbocycles. The smallest absolute Gasteiger partial charge is 0.326 e. The van der Waals surface area contributed by atoms with Gasteiger partial charge in [-0.15, -0.1) is 11.3 Å². The zero-order chi connectivity index (χ0) is 32.7. The summed E-state index contributed by atoms with van der Waals surface area (Å²) < 4.78 is 36.1. The molecule has 1 amide bonds. The SMILES string of the molecule is NC(N)=NCCC[C@H](NC(=O)c1sccc1NS(=O)(=O)c1cc(-c2ccccc2CNCc2ccn[nH]2)cc2c1OCC2)C(=O)O. The van der Waals surface area contributed by atoms with Crippen LogP contribution in [0.15, 0.2) is 70.0 Å². The topological polar surface area (TPSA) is 227 Å². The van der Waals surface area contributed by atoms with Crippen LogP contribution in [0, 0.1) is 0 Å². The second-order valence-electron chi connectivity index (χ2n) is 10.5. The van der Waals surface area contributed by atoms with Gasteiger partial charge in [-0.1, -0.05) is 24.3 Å². The number of aromatic amines is 1. The van der Waals surface area contributed by atoms with Gasteiger partial charge >= 0.3 is 5.97 Å². The number of aliphatic carboxylic acids is 1. The first-order valence-electron chi connectivity index (χ1n) is 14.4. The fourth-order valence-corrected chi connectivity index (χ4v) is 7.15. The number of rotatable bonds is 15. The van der Waals surface area contributed by atoms with Gasteiger partial charge in [0.2, 0.25) is 0 Å². The molecule has 1 aliphatic heterocycles. The third-order valence-electron chi connectivity index (χ3n) is 7.22. The number of aliphatic imine (C=N–C) groups is 1. The van der Waals surface area contributed by atoms with Crippen LogP contribution in [-0.4, -0.2) is 60.8 Å². The summed E-state index contributed by atoms with van der Waals surface area (Å²) in [5.41, 5.74) is 14.9. The van der Waals surface area contributed by atoms with Crippen LogP contribution in [0.3, 0.4) is 0 Å². The number of guanidine groups is 1. The number of H-pyrrole nitrogens is 1. The first-order valence-corrected chi connectivity index (χ1v) is 16.7. The fourth-order valence-electron chi connectivity index (χ4n) is 5.05. The van der Waals surface area contributed by atoms with E-state index in [1.54, 1.807) is 17.6 Å². The molecule has 2 aromatic carbocycles. The van der Waals surface area contributed by atoms with E-state index >= 15 is 0 Å². The standard InChI is InChI=1S/C30H34N8O6S2/c31-30(32)34-10-3-6-24(29(40)41)36-28(39)27-23(9-13-45-27)38-46(42,43)25-15-20(14-18-8-12-44-26(18)25)22-5-2-1-4-19(22)16-33-17-21-7-11-35-37-21/h1-2,4-5,7,9,11,13-15,24,33,38H,3,6,8,10,12,16-17H2,(H,35,37)(H,36,39)(H,40,41)(H4,31,32,34)/t24-/m0/s1. The molecule has 2 aromatic heterocycles. The molecule has 4 aromatic rings. The van der Waals surface area contributed by atoms with Crippen LogP contribution >= 0.6 is 11.3 Å². The predicted octanol–water partition coefficient (Wildman–Crippen LogP) is 2.40. The van der Waals surface area contributed by atoms with Crippen molar-refractivity contribution in [2.45, 2.75) is 43.3 Å². The molecule has 9 N–H and O–H groups in total. The number of benzene rings is 2. The van der Waals surface area contributed by atoms with Crippen LogP contribution in [0.2, 0.25) is 0 Å². The molecule has 0 radical (unpaired) electrons. The molecule has 242 valence electrons. The maximum absolute atomic E-state index is 13.9. The minimum atomic E-state index is -4.25. The van der Waals surface area contributed by atoms with Crippen LogP contribution in [0.5, 0.6) is 5.75 Å². The van der Waals surface area contributed by atoms with Gasteiger partial charge in [0.15, 0.2) is 5.96 Å². The van der Waals surface area contributed by atoms with Crippen molar-refractivity contribution in [3.8, 4) is 16.9 Å². The normalized spacial score (nSPS) is 13.0. The van der Waals surface area contributed by atoms with E-state index in [0.717, 1.165) is 33.7 Å². The number of carbonyl (C=O) groups is 2. The first kappa shape index (κ1) is 32.5. The number of nitrogens with two attached hydrogens (primary N) is 2. The molecular weight excluding hydrogens is 633 g/mol. The number of nitrogens with one attached hydrogen (secondary N) is 4. The Bertz CT molecular complexity index is 1840. The lowest BCUT2D eigenvalue weighted by Crippen LogP contribution is -2.40. The highest BCUT2D eigenvalue weighted by molar-refractivity contribution is 7.92. The van der Waals surface area contributed by atoms with E-state index in [2.05, 4.69) is 30.5 Å². The average molecular weight is 667 g/mol. The molecule has 0 saturated heterocycles. The Morgan fingerprint density at radius 2 is 1.98 bits per heavy atom. The highest BCUT2D eigenvalue weighted by Gasteiger charge is 2.30. The minimum absolute atomic E-state index is 0.0152. The summed E-state index contributed by atoms with van der Waals surface area (Å²) in [6, 6.07) is 13.4. The fraction of sp³-hybridized carbons (Fsp3) is 0.267. The molecule has 14 nitrogen and oxygen atoms in total. The quantitative estimate of drug-likeness (QED) is 0.0557. The Morgan fingerprint density at radius 3 is 2.74 bits per heavy atom. The van der Waals surface area contributed by atoms with Crippen molar-refractivity contribution < 1.29 is 27.9 Å². The van der Waals surface area contributed by atoms with Gasteiger partial charge in [-0.05, 0) is 64.7 Å². The van der Waals surface area contributed by atoms with Crippen molar-refractivity contribution in [1.29, 1.82) is 0 Å². The molecule has 0 spiro atoms. The second-order valence-corrected chi connectivity index (χ2v) is 13.1. The van der Waals surface area contributed by atoms with Gasteiger partial charge in [-0.2, -0.15) is 5.10 Å². The molecule has 16 heteroatoms. The van der Waals surface area contributed by atoms with Gasteiger partial charge in [0.1, 0.15) is 21.6 Å². The van der Waals surface area contributed by atoms with Crippen molar-refractivity contribution >= 4 is 44.9 Å². The van der Waals surface area contributed by atoms with E-state index in [9.17, 15) is 23.1 Å². The third kappa shape index (κ3) is 7.82. The number of sulfonamides is 1. The summed E-state index contributed by atoms with van der Waals surface area (Å²) in [4.78, 5) is 28.7. The lowest BCUT2D eigenvalue weighted by atomic mass is 9.97. The number of anilines is 1. The van der Waals surface area contributed by atoms with Crippen molar-refractivity contribution in [2.24, 2.45) is 16.5 Å². The molecular formula is C30H34N8O6S2. The largest absolute Gasteiger partial charge is 0.492 e. The van der Waals surface area contributed by atoms with Gasteiger partial charge < -0.3 is 31.9 Å². The van der Waals surface area contributed by atoms with Gasteiger partial charge in [0, 0.05) is 37.9 Å². The van der Waals surface area contributed by atoms with Crippen molar-refractivity contribution in [3.05, 3.63) is 81.8 Å². The lowest BCUT2D eigenvalue weighted by Gasteiger charge is -2.17. The predicted molar refractivity (Wildman–Crippen MR) is 174 cm³/mol. The van der Waals surface area contributed by atoms with Gasteiger partial charge in [-0.3, -0.25) is 19.6 Å². The van der Waals surface area contributed by atoms with Crippen LogP contribution in [0.1, 0.15) is 39.3 Å². The zero-order valence-corrected chi connectivity index (χ0v) is 26.3. The maximum atomic E-state index is 13.9. The number of hydrogen-bond acceptors (Lipinski definition) is 9. The number of fused-ring (bicyclic) bond motifs is 1. The van der Waals surface area contributed by atoms with Crippen LogP contribution < -0.4 is 31.6 Å². The second kappa shape index (κ2) is 14.4. The summed E-state index contributed by atoms with van der Waals surface area (Å²) >= 11 is 0.982. The molecule has 1 atom stereocenters. The molecule has 0 fully saturated rings. The number of thiophene rings is 1. The average Bonchev–Trinajstić information content (AvgIpc) is 3.80. The van der Waals surface area contributed by atoms with E-state index in [4.69, 9.17) is 16.2 Å². The minimum Gasteiger partial charge on any atom is -0.492 e. The molecule has 0 bridgehead atoms. The lowest BCUT2D eigenvalue weighted by molar-refractivity contribution is -0.139. The highest BCUT2D eigenvalue weighted by Crippen LogP contribution is 2.39. The molecule has 0 aliphatic carbocycles. The Labute approximate surface area is 269 Å². The van der Waals surface area contributed by atoms with E-state index in [0.29, 0.717) is 38.1 Å². The summed E-state index contributed by atoms with van der Waals surface area (Å²) in [5.74, 6) is -1.82. The number of ether oxygens (including phenoxy) is 1. The van der Waals surface area contributed by atoms with E-state index < -0.39 is 27.9 Å². The van der Waals surface area contributed by atoms with Crippen LogP contribution in [0.4, 0.5) is 5.69 Å². The molecule has 3 heterocycles. The summed E-state index contributed by atoms with van der Waals surface area (Å²) in [6.45, 7) is 1.64. The van der Waals surface area contributed by atoms with Crippen LogP contribution in [0.25, 0.3) is 11.1 Å². The Kier molecular flexibility index (Phi) is 10.2. The zero-order valence-electron chi connectivity index (χ0n) is 24.7. The molecule has 46 heavy (non-hydrogen) atoms. The van der Waals surface area contributed by atoms with Crippen molar-refractivity contribution in [3.63, 3.8) is 0 Å². The number of carbonyl (C=O) groups excluding carboxylic acids is 1. The van der Waals surface area contributed by atoms with Crippen molar-refractivity contribution in [2.75, 3.05) is 17.9 Å². The Hall–Kier alpha value is -4.93. The summed E-state index contributed by atoms with van der Waals surface area (Å²) in [7, 11) is -4.25. The monoisotopic (exact) mass is 666 g/mol. The Balaban J connectivity index is 1.37.